The summed E-state index contributed by atoms with van der Waals surface area (Å²) >= 11 is 5.69. The number of ether oxygens (including phenoxy) is 1. The molecule has 1 aromatic heterocycles. The molecule has 0 radical (unpaired) electrons. The molecule has 0 aliphatic heterocycles. The summed E-state index contributed by atoms with van der Waals surface area (Å²) in [6.45, 7) is 1.93. The van der Waals surface area contributed by atoms with E-state index in [-0.39, 0.29) is 23.0 Å². The van der Waals surface area contributed by atoms with Crippen molar-refractivity contribution in [2.45, 2.75) is 6.92 Å². The summed E-state index contributed by atoms with van der Waals surface area (Å²) in [5.41, 5.74) is 6.43. The zero-order valence-electron chi connectivity index (χ0n) is 10.1. The van der Waals surface area contributed by atoms with Crippen molar-refractivity contribution in [1.29, 1.82) is 0 Å². The second kappa shape index (κ2) is 5.27. The fraction of sp³-hybridized carbons (Fsp3) is 0.167. The number of halogens is 2. The minimum Gasteiger partial charge on any atom is -0.462 e. The Morgan fingerprint density at radius 3 is 2.95 bits per heavy atom. The average molecular weight is 284 g/mol. The maximum Gasteiger partial charge on any atom is 0.343 e. The van der Waals surface area contributed by atoms with Crippen molar-refractivity contribution >= 4 is 23.4 Å². The van der Waals surface area contributed by atoms with Crippen LogP contribution in [0.25, 0.3) is 5.69 Å². The van der Waals surface area contributed by atoms with Gasteiger partial charge in [-0.1, -0.05) is 11.6 Å². The van der Waals surface area contributed by atoms with Crippen LogP contribution in [0.5, 0.6) is 0 Å². The van der Waals surface area contributed by atoms with Gasteiger partial charge >= 0.3 is 5.97 Å². The second-order valence-electron chi connectivity index (χ2n) is 3.67. The molecule has 0 fully saturated rings. The first-order valence-corrected chi connectivity index (χ1v) is 5.88. The lowest BCUT2D eigenvalue weighted by Gasteiger charge is -2.06. The van der Waals surface area contributed by atoms with Crippen LogP contribution in [0.2, 0.25) is 5.02 Å². The third-order valence-electron chi connectivity index (χ3n) is 2.45. The first-order valence-electron chi connectivity index (χ1n) is 5.50. The van der Waals surface area contributed by atoms with Gasteiger partial charge in [-0.2, -0.15) is 5.10 Å². The largest absolute Gasteiger partial charge is 0.462 e. The minimum absolute atomic E-state index is 0.0508. The molecule has 0 bridgehead atoms. The number of nitrogen functional groups attached to an aromatic ring is 1. The monoisotopic (exact) mass is 283 g/mol. The maximum absolute atomic E-state index is 13.1. The molecule has 1 heterocycles. The van der Waals surface area contributed by atoms with Crippen molar-refractivity contribution in [2.75, 3.05) is 12.3 Å². The van der Waals surface area contributed by atoms with E-state index in [9.17, 15) is 9.18 Å². The molecule has 0 unspecified atom stereocenters. The Balaban J connectivity index is 2.41. The van der Waals surface area contributed by atoms with Gasteiger partial charge in [0.2, 0.25) is 0 Å². The van der Waals surface area contributed by atoms with E-state index < -0.39 is 11.8 Å². The van der Waals surface area contributed by atoms with Crippen molar-refractivity contribution in [1.82, 2.24) is 9.78 Å². The van der Waals surface area contributed by atoms with Gasteiger partial charge in [-0.05, 0) is 25.1 Å². The van der Waals surface area contributed by atoms with Crippen molar-refractivity contribution in [3.63, 3.8) is 0 Å². The highest BCUT2D eigenvalue weighted by molar-refractivity contribution is 6.30. The van der Waals surface area contributed by atoms with Crippen molar-refractivity contribution in [3.8, 4) is 5.69 Å². The Morgan fingerprint density at radius 2 is 2.32 bits per heavy atom. The highest BCUT2D eigenvalue weighted by Gasteiger charge is 2.17. The standard InChI is InChI=1S/C12H11ClFN3O2/c1-2-19-12(18)8-6-16-17(11(8)15)7-3-4-10(14)9(13)5-7/h3-6H,2,15H2,1H3. The van der Waals surface area contributed by atoms with E-state index in [0.717, 1.165) is 0 Å². The second-order valence-corrected chi connectivity index (χ2v) is 4.08. The zero-order valence-corrected chi connectivity index (χ0v) is 10.8. The molecule has 19 heavy (non-hydrogen) atoms. The van der Waals surface area contributed by atoms with E-state index in [0.29, 0.717) is 5.69 Å². The number of nitrogens with two attached hydrogens (primary N) is 1. The lowest BCUT2D eigenvalue weighted by Crippen LogP contribution is -2.09. The predicted octanol–water partition coefficient (Wildman–Crippen LogP) is 2.42. The van der Waals surface area contributed by atoms with E-state index in [4.69, 9.17) is 22.1 Å². The molecule has 0 aliphatic carbocycles. The number of hydrogen-bond acceptors (Lipinski definition) is 4. The van der Waals surface area contributed by atoms with Gasteiger partial charge in [0, 0.05) is 0 Å². The highest BCUT2D eigenvalue weighted by Crippen LogP contribution is 2.22. The molecule has 0 spiro atoms. The van der Waals surface area contributed by atoms with Crippen LogP contribution in [-0.2, 0) is 4.74 Å². The Morgan fingerprint density at radius 1 is 1.58 bits per heavy atom. The van der Waals surface area contributed by atoms with Crippen LogP contribution in [0.15, 0.2) is 24.4 Å². The van der Waals surface area contributed by atoms with E-state index >= 15 is 0 Å². The number of nitrogens with zero attached hydrogens (tertiary/aromatic N) is 2. The summed E-state index contributed by atoms with van der Waals surface area (Å²) in [7, 11) is 0. The lowest BCUT2D eigenvalue weighted by atomic mass is 10.3. The predicted molar refractivity (Wildman–Crippen MR) is 68.9 cm³/mol. The SMILES string of the molecule is CCOC(=O)c1cnn(-c2ccc(F)c(Cl)c2)c1N. The molecule has 2 rings (SSSR count). The zero-order chi connectivity index (χ0) is 14.0. The first-order chi connectivity index (χ1) is 9.04. The number of benzene rings is 1. The molecule has 0 aliphatic rings. The van der Waals surface area contributed by atoms with Crippen molar-refractivity contribution in [3.05, 3.63) is 40.8 Å². The van der Waals surface area contributed by atoms with Gasteiger partial charge in [-0.3, -0.25) is 0 Å². The number of carbonyl (C=O) groups excluding carboxylic acids is 1. The summed E-state index contributed by atoms with van der Waals surface area (Å²) < 4.78 is 19.2. The molecule has 2 N–H and O–H groups in total. The Bertz CT molecular complexity index is 627. The topological polar surface area (TPSA) is 70.1 Å². The summed E-state index contributed by atoms with van der Waals surface area (Å²) in [4.78, 5) is 11.6. The van der Waals surface area contributed by atoms with Gasteiger partial charge in [0.25, 0.3) is 0 Å². The molecular weight excluding hydrogens is 273 g/mol. The summed E-state index contributed by atoms with van der Waals surface area (Å²) in [5.74, 6) is -0.984. The molecule has 7 heteroatoms. The summed E-state index contributed by atoms with van der Waals surface area (Å²) in [6, 6.07) is 4.03. The molecule has 1 aromatic carbocycles. The molecule has 5 nitrogen and oxygen atoms in total. The smallest absolute Gasteiger partial charge is 0.343 e. The third kappa shape index (κ3) is 2.53. The third-order valence-corrected chi connectivity index (χ3v) is 2.74. The van der Waals surface area contributed by atoms with Crippen LogP contribution in [0.3, 0.4) is 0 Å². The molecule has 0 saturated carbocycles. The maximum atomic E-state index is 13.1. The molecule has 2 aromatic rings. The van der Waals surface area contributed by atoms with Crippen LogP contribution in [0, 0.1) is 5.82 Å². The molecule has 0 atom stereocenters. The van der Waals surface area contributed by atoms with Gasteiger partial charge in [0.05, 0.1) is 23.5 Å². The fourth-order valence-corrected chi connectivity index (χ4v) is 1.72. The van der Waals surface area contributed by atoms with Crippen LogP contribution in [-0.4, -0.2) is 22.4 Å². The van der Waals surface area contributed by atoms with Crippen LogP contribution < -0.4 is 5.73 Å². The van der Waals surface area contributed by atoms with Gasteiger partial charge in [0.15, 0.2) is 0 Å². The van der Waals surface area contributed by atoms with Crippen molar-refractivity contribution < 1.29 is 13.9 Å². The number of carbonyl (C=O) groups is 1. The normalized spacial score (nSPS) is 10.5. The van der Waals surface area contributed by atoms with Crippen LogP contribution in [0.1, 0.15) is 17.3 Å². The highest BCUT2D eigenvalue weighted by atomic mass is 35.5. The van der Waals surface area contributed by atoms with Gasteiger partial charge in [0.1, 0.15) is 17.2 Å². The minimum atomic E-state index is -0.556. The van der Waals surface area contributed by atoms with Crippen LogP contribution >= 0.6 is 11.6 Å². The number of esters is 1. The molecule has 0 amide bonds. The quantitative estimate of drug-likeness (QED) is 0.878. The number of aromatic nitrogens is 2. The summed E-state index contributed by atoms with van der Waals surface area (Å²) in [5, 5.41) is 3.92. The van der Waals surface area contributed by atoms with Gasteiger partial charge in [-0.25, -0.2) is 13.9 Å². The summed E-state index contributed by atoms with van der Waals surface area (Å²) in [6.07, 6.45) is 1.30. The lowest BCUT2D eigenvalue weighted by molar-refractivity contribution is 0.0527. The number of hydrogen-bond donors (Lipinski definition) is 1. The van der Waals surface area contributed by atoms with E-state index in [1.165, 1.54) is 29.1 Å². The molecule has 100 valence electrons. The van der Waals surface area contributed by atoms with Gasteiger partial charge in [-0.15, -0.1) is 0 Å². The van der Waals surface area contributed by atoms with E-state index in [1.807, 2.05) is 0 Å². The van der Waals surface area contributed by atoms with E-state index in [2.05, 4.69) is 5.10 Å². The number of anilines is 1. The molecular formula is C12H11ClFN3O2. The Kier molecular flexibility index (Phi) is 3.71. The van der Waals surface area contributed by atoms with Gasteiger partial charge < -0.3 is 10.5 Å². The fourth-order valence-electron chi connectivity index (χ4n) is 1.55. The Hall–Kier alpha value is -2.08. The average Bonchev–Trinajstić information content (AvgIpc) is 2.75. The van der Waals surface area contributed by atoms with Crippen molar-refractivity contribution in [2.24, 2.45) is 0 Å². The molecule has 0 saturated heterocycles. The Labute approximate surface area is 113 Å². The number of rotatable bonds is 3. The van der Waals surface area contributed by atoms with Crippen LogP contribution in [0.4, 0.5) is 10.2 Å². The first kappa shape index (κ1) is 13.4. The van der Waals surface area contributed by atoms with E-state index in [1.54, 1.807) is 6.92 Å².